The lowest BCUT2D eigenvalue weighted by Gasteiger charge is -2.64. The van der Waals surface area contributed by atoms with Gasteiger partial charge in [0.05, 0.1) is 38.1 Å². The summed E-state index contributed by atoms with van der Waals surface area (Å²) in [5.74, 6) is 2.22. The number of aliphatic carboxylic acids is 1. The number of ether oxygens (including phenoxy) is 3. The second-order valence-electron chi connectivity index (χ2n) is 13.2. The van der Waals surface area contributed by atoms with Crippen molar-refractivity contribution in [3.63, 3.8) is 0 Å². The van der Waals surface area contributed by atoms with Gasteiger partial charge in [0.2, 0.25) is 0 Å². The summed E-state index contributed by atoms with van der Waals surface area (Å²) in [5, 5.41) is 9.37. The Morgan fingerprint density at radius 3 is 2.32 bits per heavy atom. The average molecular weight is 529 g/mol. The molecule has 0 aromatic heterocycles. The fourth-order valence-electron chi connectivity index (χ4n) is 9.77. The van der Waals surface area contributed by atoms with Crippen molar-refractivity contribution in [1.82, 2.24) is 0 Å². The molecule has 0 saturated heterocycles. The molecule has 5 nitrogen and oxygen atoms in total. The highest BCUT2D eigenvalue weighted by molar-refractivity contribution is 5.66. The summed E-state index contributed by atoms with van der Waals surface area (Å²) in [6, 6.07) is 0. The monoisotopic (exact) mass is 528 g/mol. The molecule has 0 aromatic carbocycles. The predicted molar refractivity (Wildman–Crippen MR) is 152 cm³/mol. The number of hydrogen-bond acceptors (Lipinski definition) is 4. The highest BCUT2D eigenvalue weighted by Gasteiger charge is 2.66. The largest absolute Gasteiger partial charge is 0.481 e. The third-order valence-corrected chi connectivity index (χ3v) is 11.5. The minimum Gasteiger partial charge on any atom is -0.481 e. The SMILES string of the molecule is C=CCOC1CC2C[C@H](OCC=C)CC[C@]2(C)C2C[C@H](OCC=C)[C@]3(C)[C@@H]([C@H](C)CCC(=O)O)CC[C@H]3C12. The molecule has 0 aromatic rings. The van der Waals surface area contributed by atoms with Crippen LogP contribution in [0.25, 0.3) is 0 Å². The van der Waals surface area contributed by atoms with E-state index in [9.17, 15) is 9.90 Å². The van der Waals surface area contributed by atoms with Gasteiger partial charge in [0.15, 0.2) is 0 Å². The van der Waals surface area contributed by atoms with Crippen molar-refractivity contribution in [2.45, 2.75) is 96.9 Å². The molecular formula is C33H52O5. The number of carboxylic acid groups (broad SMARTS) is 1. The fraction of sp³-hybridized carbons (Fsp3) is 0.788. The van der Waals surface area contributed by atoms with E-state index >= 15 is 0 Å². The van der Waals surface area contributed by atoms with Crippen LogP contribution < -0.4 is 0 Å². The number of carbonyl (C=O) groups is 1. The van der Waals surface area contributed by atoms with Gasteiger partial charge in [-0.15, -0.1) is 19.7 Å². The molecular weight excluding hydrogens is 476 g/mol. The molecule has 11 atom stereocenters. The molecule has 0 spiro atoms. The van der Waals surface area contributed by atoms with Gasteiger partial charge >= 0.3 is 5.97 Å². The van der Waals surface area contributed by atoms with E-state index in [0.717, 1.165) is 38.5 Å². The van der Waals surface area contributed by atoms with E-state index in [-0.39, 0.29) is 29.5 Å². The highest BCUT2D eigenvalue weighted by Crippen LogP contribution is 2.69. The number of hydrogen-bond donors (Lipinski definition) is 1. The highest BCUT2D eigenvalue weighted by atomic mass is 16.5. The van der Waals surface area contributed by atoms with E-state index in [1.165, 1.54) is 12.8 Å². The first kappa shape index (κ1) is 29.6. The number of rotatable bonds is 13. The smallest absolute Gasteiger partial charge is 0.303 e. The Hall–Kier alpha value is -1.43. The molecule has 0 aliphatic heterocycles. The molecule has 0 radical (unpaired) electrons. The summed E-state index contributed by atoms with van der Waals surface area (Å²) in [6.07, 6.45) is 15.1. The second-order valence-corrected chi connectivity index (χ2v) is 13.2. The molecule has 4 rings (SSSR count). The molecule has 1 N–H and O–H groups in total. The molecule has 5 heteroatoms. The van der Waals surface area contributed by atoms with Crippen LogP contribution in [0.4, 0.5) is 0 Å². The van der Waals surface area contributed by atoms with Gasteiger partial charge in [-0.1, -0.05) is 39.0 Å². The van der Waals surface area contributed by atoms with E-state index in [2.05, 4.69) is 40.5 Å². The van der Waals surface area contributed by atoms with Crippen LogP contribution in [0.2, 0.25) is 0 Å². The van der Waals surface area contributed by atoms with Crippen molar-refractivity contribution in [1.29, 1.82) is 0 Å². The van der Waals surface area contributed by atoms with Crippen molar-refractivity contribution in [3.8, 4) is 0 Å². The van der Waals surface area contributed by atoms with Crippen molar-refractivity contribution < 1.29 is 24.1 Å². The molecule has 4 fully saturated rings. The Morgan fingerprint density at radius 2 is 1.63 bits per heavy atom. The van der Waals surface area contributed by atoms with Gasteiger partial charge in [0.1, 0.15) is 0 Å². The van der Waals surface area contributed by atoms with Gasteiger partial charge in [-0.2, -0.15) is 0 Å². The van der Waals surface area contributed by atoms with Crippen LogP contribution in [0.3, 0.4) is 0 Å². The van der Waals surface area contributed by atoms with Gasteiger partial charge < -0.3 is 19.3 Å². The molecule has 38 heavy (non-hydrogen) atoms. The summed E-state index contributed by atoms with van der Waals surface area (Å²) in [5.41, 5.74) is 0.252. The van der Waals surface area contributed by atoms with Crippen molar-refractivity contribution in [2.24, 2.45) is 46.3 Å². The fourth-order valence-corrected chi connectivity index (χ4v) is 9.77. The number of carboxylic acids is 1. The second kappa shape index (κ2) is 12.4. The van der Waals surface area contributed by atoms with Crippen molar-refractivity contribution in [2.75, 3.05) is 19.8 Å². The van der Waals surface area contributed by atoms with E-state index in [4.69, 9.17) is 14.2 Å². The quantitative estimate of drug-likeness (QED) is 0.259. The Labute approximate surface area is 231 Å². The summed E-state index contributed by atoms with van der Waals surface area (Å²) >= 11 is 0. The van der Waals surface area contributed by atoms with Crippen LogP contribution in [0, 0.1) is 46.3 Å². The number of fused-ring (bicyclic) bond motifs is 5. The van der Waals surface area contributed by atoms with E-state index in [0.29, 0.717) is 61.4 Å². The Bertz CT molecular complexity index is 854. The lowest BCUT2D eigenvalue weighted by molar-refractivity contribution is -0.223. The molecule has 4 saturated carbocycles. The van der Waals surface area contributed by atoms with Crippen molar-refractivity contribution >= 4 is 5.97 Å². The van der Waals surface area contributed by atoms with Crippen LogP contribution >= 0.6 is 0 Å². The first-order valence-corrected chi connectivity index (χ1v) is 15.1. The van der Waals surface area contributed by atoms with E-state index < -0.39 is 5.97 Å². The summed E-state index contributed by atoms with van der Waals surface area (Å²) in [4.78, 5) is 11.4. The summed E-state index contributed by atoms with van der Waals surface area (Å²) in [7, 11) is 0. The third kappa shape index (κ3) is 5.45. The predicted octanol–water partition coefficient (Wildman–Crippen LogP) is 7.08. The standard InChI is InChI=1S/C33H52O5/c1-7-16-36-24-14-15-32(5)23(19-24)20-28(37-17-8-2)31-26-12-11-25(22(4)10-13-30(34)35)33(26,6)29(21-27(31)32)38-18-9-3/h7-9,22-29,31H,1-3,10-21H2,4-6H3,(H,34,35)/t22-,23?,24-,25-,26+,27?,28?,29+,31?,32+,33-/m1/s1. The maximum Gasteiger partial charge on any atom is 0.303 e. The summed E-state index contributed by atoms with van der Waals surface area (Å²) in [6.45, 7) is 20.8. The maximum atomic E-state index is 11.4. The van der Waals surface area contributed by atoms with Crippen LogP contribution in [-0.4, -0.2) is 49.2 Å². The van der Waals surface area contributed by atoms with E-state index in [1.54, 1.807) is 0 Å². The molecule has 4 aliphatic carbocycles. The Morgan fingerprint density at radius 1 is 0.947 bits per heavy atom. The van der Waals surface area contributed by atoms with Gasteiger partial charge in [-0.3, -0.25) is 4.79 Å². The van der Waals surface area contributed by atoms with E-state index in [1.807, 2.05) is 18.2 Å². The Balaban J connectivity index is 1.67. The minimum absolute atomic E-state index is 0.00531. The van der Waals surface area contributed by atoms with Crippen LogP contribution in [0.5, 0.6) is 0 Å². The lowest BCUT2D eigenvalue weighted by Crippen LogP contribution is -2.63. The van der Waals surface area contributed by atoms with Gasteiger partial charge in [0.25, 0.3) is 0 Å². The van der Waals surface area contributed by atoms with Crippen molar-refractivity contribution in [3.05, 3.63) is 38.0 Å². The molecule has 0 amide bonds. The molecule has 214 valence electrons. The molecule has 4 unspecified atom stereocenters. The van der Waals surface area contributed by atoms with Gasteiger partial charge in [-0.25, -0.2) is 0 Å². The molecule has 4 aliphatic rings. The average Bonchev–Trinajstić information content (AvgIpc) is 3.26. The Kier molecular flexibility index (Phi) is 9.64. The normalized spacial score (nSPS) is 42.8. The molecule has 0 heterocycles. The summed E-state index contributed by atoms with van der Waals surface area (Å²) < 4.78 is 19.5. The van der Waals surface area contributed by atoms with Crippen LogP contribution in [0.15, 0.2) is 38.0 Å². The zero-order valence-electron chi connectivity index (χ0n) is 24.1. The van der Waals surface area contributed by atoms with Gasteiger partial charge in [-0.05, 0) is 92.3 Å². The zero-order valence-corrected chi connectivity index (χ0v) is 24.1. The maximum absolute atomic E-state index is 11.4. The topological polar surface area (TPSA) is 65.0 Å². The lowest BCUT2D eigenvalue weighted by atomic mass is 9.43. The van der Waals surface area contributed by atoms with Crippen LogP contribution in [0.1, 0.15) is 78.6 Å². The minimum atomic E-state index is -0.698. The van der Waals surface area contributed by atoms with Crippen LogP contribution in [-0.2, 0) is 19.0 Å². The first-order valence-electron chi connectivity index (χ1n) is 15.1. The first-order chi connectivity index (χ1) is 18.2. The molecule has 0 bridgehead atoms. The van der Waals surface area contributed by atoms with Gasteiger partial charge in [0, 0.05) is 11.8 Å². The zero-order chi connectivity index (χ0) is 27.5. The third-order valence-electron chi connectivity index (χ3n) is 11.5.